The number of carbonyl (C=O) groups is 2. The van der Waals surface area contributed by atoms with Crippen molar-refractivity contribution in [2.45, 2.75) is 39.0 Å². The SMILES string of the molecule is COc1cc(C=NNC(=O)CCC(=O)Nc2cccc(C(F)(F)F)c2)ccc1OC(C)C. The highest BCUT2D eigenvalue weighted by Gasteiger charge is 2.30. The summed E-state index contributed by atoms with van der Waals surface area (Å²) in [4.78, 5) is 23.8. The molecule has 0 fully saturated rings. The second kappa shape index (κ2) is 11.2. The molecule has 2 aromatic rings. The third kappa shape index (κ3) is 7.93. The fourth-order valence-electron chi connectivity index (χ4n) is 2.57. The van der Waals surface area contributed by atoms with Gasteiger partial charge in [0.2, 0.25) is 11.8 Å². The first-order valence-electron chi connectivity index (χ1n) is 9.72. The quantitative estimate of drug-likeness (QED) is 0.438. The molecule has 0 radical (unpaired) electrons. The number of amides is 2. The smallest absolute Gasteiger partial charge is 0.416 e. The number of nitrogens with zero attached hydrogens (tertiary/aromatic N) is 1. The molecule has 172 valence electrons. The van der Waals surface area contributed by atoms with E-state index in [2.05, 4.69) is 15.8 Å². The minimum atomic E-state index is -4.51. The zero-order valence-corrected chi connectivity index (χ0v) is 17.8. The summed E-state index contributed by atoms with van der Waals surface area (Å²) in [6.07, 6.45) is -3.53. The average Bonchev–Trinajstić information content (AvgIpc) is 2.72. The molecule has 10 heteroatoms. The highest BCUT2D eigenvalue weighted by molar-refractivity contribution is 5.93. The Kier molecular flexibility index (Phi) is 8.62. The Labute approximate surface area is 183 Å². The van der Waals surface area contributed by atoms with Crippen LogP contribution in [0.5, 0.6) is 11.5 Å². The molecule has 2 rings (SSSR count). The molecule has 0 aliphatic carbocycles. The van der Waals surface area contributed by atoms with Crippen LogP contribution in [-0.4, -0.2) is 31.2 Å². The van der Waals surface area contributed by atoms with Gasteiger partial charge in [0.25, 0.3) is 0 Å². The summed E-state index contributed by atoms with van der Waals surface area (Å²) in [5.41, 5.74) is 2.08. The molecule has 0 saturated heterocycles. The van der Waals surface area contributed by atoms with Crippen LogP contribution < -0.4 is 20.2 Å². The third-order valence-corrected chi connectivity index (χ3v) is 4.01. The molecule has 7 nitrogen and oxygen atoms in total. The number of hydrogen-bond donors (Lipinski definition) is 2. The number of anilines is 1. The highest BCUT2D eigenvalue weighted by Crippen LogP contribution is 2.31. The van der Waals surface area contributed by atoms with Crippen molar-refractivity contribution >= 4 is 23.7 Å². The largest absolute Gasteiger partial charge is 0.493 e. The van der Waals surface area contributed by atoms with Gasteiger partial charge >= 0.3 is 6.18 Å². The van der Waals surface area contributed by atoms with E-state index in [0.717, 1.165) is 12.1 Å². The second-order valence-electron chi connectivity index (χ2n) is 7.00. The Morgan fingerprint density at radius 3 is 2.44 bits per heavy atom. The van der Waals surface area contributed by atoms with E-state index in [4.69, 9.17) is 9.47 Å². The van der Waals surface area contributed by atoms with Gasteiger partial charge in [-0.25, -0.2) is 5.43 Å². The van der Waals surface area contributed by atoms with Gasteiger partial charge in [0.05, 0.1) is 25.0 Å². The highest BCUT2D eigenvalue weighted by atomic mass is 19.4. The Hall–Kier alpha value is -3.56. The topological polar surface area (TPSA) is 89.0 Å². The van der Waals surface area contributed by atoms with E-state index < -0.39 is 23.6 Å². The van der Waals surface area contributed by atoms with Crippen molar-refractivity contribution in [3.63, 3.8) is 0 Å². The Morgan fingerprint density at radius 1 is 1.06 bits per heavy atom. The van der Waals surface area contributed by atoms with Gasteiger partial charge in [0.1, 0.15) is 0 Å². The van der Waals surface area contributed by atoms with Gasteiger partial charge in [-0.2, -0.15) is 18.3 Å². The number of benzene rings is 2. The average molecular weight is 451 g/mol. The zero-order valence-electron chi connectivity index (χ0n) is 17.8. The predicted octanol–water partition coefficient (Wildman–Crippen LogP) is 4.37. The van der Waals surface area contributed by atoms with Crippen LogP contribution in [0.3, 0.4) is 0 Å². The lowest BCUT2D eigenvalue weighted by Crippen LogP contribution is -2.20. The number of alkyl halides is 3. The predicted molar refractivity (Wildman–Crippen MR) is 114 cm³/mol. The maximum Gasteiger partial charge on any atom is 0.416 e. The summed E-state index contributed by atoms with van der Waals surface area (Å²) in [5, 5.41) is 6.17. The summed E-state index contributed by atoms with van der Waals surface area (Å²) in [6, 6.07) is 9.41. The van der Waals surface area contributed by atoms with E-state index in [1.165, 1.54) is 25.5 Å². The molecule has 0 aromatic heterocycles. The van der Waals surface area contributed by atoms with E-state index in [-0.39, 0.29) is 24.6 Å². The van der Waals surface area contributed by atoms with Gasteiger partial charge in [-0.15, -0.1) is 0 Å². The molecule has 0 spiro atoms. The van der Waals surface area contributed by atoms with Gasteiger partial charge in [-0.1, -0.05) is 6.07 Å². The van der Waals surface area contributed by atoms with Crippen LogP contribution in [0.1, 0.15) is 37.8 Å². The lowest BCUT2D eigenvalue weighted by atomic mass is 10.2. The number of ether oxygens (including phenoxy) is 2. The summed E-state index contributed by atoms with van der Waals surface area (Å²) in [7, 11) is 1.51. The lowest BCUT2D eigenvalue weighted by molar-refractivity contribution is -0.137. The number of rotatable bonds is 9. The summed E-state index contributed by atoms with van der Waals surface area (Å²) < 4.78 is 49.1. The van der Waals surface area contributed by atoms with Crippen LogP contribution in [0.4, 0.5) is 18.9 Å². The molecule has 32 heavy (non-hydrogen) atoms. The van der Waals surface area contributed by atoms with Crippen molar-refractivity contribution in [3.05, 3.63) is 53.6 Å². The van der Waals surface area contributed by atoms with Gasteiger partial charge in [0.15, 0.2) is 11.5 Å². The molecule has 0 saturated carbocycles. The van der Waals surface area contributed by atoms with E-state index in [1.807, 2.05) is 13.8 Å². The summed E-state index contributed by atoms with van der Waals surface area (Å²) in [6.45, 7) is 3.79. The van der Waals surface area contributed by atoms with Crippen molar-refractivity contribution < 1.29 is 32.2 Å². The van der Waals surface area contributed by atoms with Crippen molar-refractivity contribution in [1.29, 1.82) is 0 Å². The van der Waals surface area contributed by atoms with Gasteiger partial charge in [-0.05, 0) is 55.8 Å². The third-order valence-electron chi connectivity index (χ3n) is 4.01. The van der Waals surface area contributed by atoms with Crippen LogP contribution in [-0.2, 0) is 15.8 Å². The molecule has 0 heterocycles. The van der Waals surface area contributed by atoms with Crippen LogP contribution in [0.15, 0.2) is 47.6 Å². The van der Waals surface area contributed by atoms with E-state index in [9.17, 15) is 22.8 Å². The van der Waals surface area contributed by atoms with Gasteiger partial charge in [-0.3, -0.25) is 9.59 Å². The monoisotopic (exact) mass is 451 g/mol. The summed E-state index contributed by atoms with van der Waals surface area (Å²) in [5.74, 6) is -0.0168. The fraction of sp³-hybridized carbons (Fsp3) is 0.318. The molecule has 2 aromatic carbocycles. The fourth-order valence-corrected chi connectivity index (χ4v) is 2.57. The Morgan fingerprint density at radius 2 is 1.78 bits per heavy atom. The van der Waals surface area contributed by atoms with Gasteiger partial charge in [0, 0.05) is 18.5 Å². The molecule has 0 aliphatic heterocycles. The maximum atomic E-state index is 12.7. The normalized spacial score (nSPS) is 11.5. The minimum absolute atomic E-state index is 0.00194. The number of nitrogens with one attached hydrogen (secondary N) is 2. The first kappa shape index (κ1) is 24.7. The van der Waals surface area contributed by atoms with E-state index >= 15 is 0 Å². The molecule has 0 aliphatic rings. The van der Waals surface area contributed by atoms with E-state index in [1.54, 1.807) is 18.2 Å². The van der Waals surface area contributed by atoms with Crippen LogP contribution in [0, 0.1) is 0 Å². The standard InChI is InChI=1S/C22H24F3N3O4/c1-14(2)32-18-8-7-15(11-19(18)31-3)13-26-28-21(30)10-9-20(29)27-17-6-4-5-16(12-17)22(23,24)25/h4-8,11-14H,9-10H2,1-3H3,(H,27,29)(H,28,30). The van der Waals surface area contributed by atoms with Crippen LogP contribution in [0.2, 0.25) is 0 Å². The number of methoxy groups -OCH3 is 1. The van der Waals surface area contributed by atoms with Crippen molar-refractivity contribution in [1.82, 2.24) is 5.43 Å². The number of hydrazone groups is 1. The molecule has 2 N–H and O–H groups in total. The first-order chi connectivity index (χ1) is 15.1. The Balaban J connectivity index is 1.83. The first-order valence-corrected chi connectivity index (χ1v) is 9.72. The van der Waals surface area contributed by atoms with Gasteiger partial charge < -0.3 is 14.8 Å². The number of carbonyl (C=O) groups excluding carboxylic acids is 2. The molecular weight excluding hydrogens is 427 g/mol. The minimum Gasteiger partial charge on any atom is -0.493 e. The molecule has 0 atom stereocenters. The van der Waals surface area contributed by atoms with Crippen molar-refractivity contribution in [3.8, 4) is 11.5 Å². The molecule has 2 amide bonds. The van der Waals surface area contributed by atoms with Crippen molar-refractivity contribution in [2.24, 2.45) is 5.10 Å². The lowest BCUT2D eigenvalue weighted by Gasteiger charge is -2.13. The van der Waals surface area contributed by atoms with Crippen LogP contribution >= 0.6 is 0 Å². The number of hydrogen-bond acceptors (Lipinski definition) is 5. The van der Waals surface area contributed by atoms with Crippen molar-refractivity contribution in [2.75, 3.05) is 12.4 Å². The number of halogens is 3. The molecular formula is C22H24F3N3O4. The van der Waals surface area contributed by atoms with Crippen LogP contribution in [0.25, 0.3) is 0 Å². The zero-order chi connectivity index (χ0) is 23.7. The summed E-state index contributed by atoms with van der Waals surface area (Å²) >= 11 is 0. The second-order valence-corrected chi connectivity index (χ2v) is 7.00. The Bertz CT molecular complexity index is 975. The van der Waals surface area contributed by atoms with E-state index in [0.29, 0.717) is 17.1 Å². The molecule has 0 unspecified atom stereocenters. The molecule has 0 bridgehead atoms. The maximum absolute atomic E-state index is 12.7.